The maximum atomic E-state index is 6.07. The van der Waals surface area contributed by atoms with E-state index in [0.717, 1.165) is 17.4 Å². The molecule has 0 fully saturated rings. The van der Waals surface area contributed by atoms with Crippen molar-refractivity contribution >= 4 is 11.6 Å². The zero-order valence-corrected chi connectivity index (χ0v) is 9.14. The summed E-state index contributed by atoms with van der Waals surface area (Å²) < 4.78 is 0. The number of halogens is 1. The number of rotatable bonds is 4. The molecule has 0 radical (unpaired) electrons. The first-order valence-electron chi connectivity index (χ1n) is 4.97. The van der Waals surface area contributed by atoms with Crippen LogP contribution in [0.25, 0.3) is 0 Å². The van der Waals surface area contributed by atoms with E-state index in [-0.39, 0.29) is 0 Å². The smallest absolute Gasteiger partial charge is 0.0438 e. The van der Waals surface area contributed by atoms with Crippen molar-refractivity contribution in [2.24, 2.45) is 5.92 Å². The average Bonchev–Trinajstić information content (AvgIpc) is 2.09. The zero-order chi connectivity index (χ0) is 9.68. The van der Waals surface area contributed by atoms with Crippen LogP contribution in [0.15, 0.2) is 24.3 Å². The molecular weight excluding hydrogens is 180 g/mol. The molecule has 0 saturated heterocycles. The minimum absolute atomic E-state index is 0.741. The monoisotopic (exact) mass is 196 g/mol. The highest BCUT2D eigenvalue weighted by atomic mass is 35.5. The van der Waals surface area contributed by atoms with Crippen molar-refractivity contribution in [3.05, 3.63) is 34.9 Å². The molecule has 0 aliphatic heterocycles. The Morgan fingerprint density at radius 1 is 1.31 bits per heavy atom. The van der Waals surface area contributed by atoms with Crippen molar-refractivity contribution < 1.29 is 0 Å². The summed E-state index contributed by atoms with van der Waals surface area (Å²) in [6.07, 6.45) is 3.64. The summed E-state index contributed by atoms with van der Waals surface area (Å²) in [4.78, 5) is 0. The normalized spacial score (nSPS) is 12.8. The molecule has 13 heavy (non-hydrogen) atoms. The lowest BCUT2D eigenvalue weighted by atomic mass is 9.97. The van der Waals surface area contributed by atoms with Gasteiger partial charge < -0.3 is 0 Å². The molecular formula is C12H17Cl. The second kappa shape index (κ2) is 5.29. The molecule has 0 saturated carbocycles. The molecule has 0 spiro atoms. The van der Waals surface area contributed by atoms with Gasteiger partial charge in [-0.3, -0.25) is 0 Å². The van der Waals surface area contributed by atoms with Crippen LogP contribution in [0.3, 0.4) is 0 Å². The van der Waals surface area contributed by atoms with E-state index in [1.807, 2.05) is 12.1 Å². The molecule has 72 valence electrons. The SMILES string of the molecule is CCCC(C)Cc1ccccc1Cl. The van der Waals surface area contributed by atoms with Gasteiger partial charge in [-0.2, -0.15) is 0 Å². The maximum absolute atomic E-state index is 6.07. The Kier molecular flexibility index (Phi) is 4.31. The average molecular weight is 197 g/mol. The van der Waals surface area contributed by atoms with Gasteiger partial charge in [0.1, 0.15) is 0 Å². The molecule has 1 aromatic carbocycles. The first-order chi connectivity index (χ1) is 6.24. The Morgan fingerprint density at radius 2 is 2.00 bits per heavy atom. The van der Waals surface area contributed by atoms with Gasteiger partial charge in [0.15, 0.2) is 0 Å². The van der Waals surface area contributed by atoms with E-state index in [4.69, 9.17) is 11.6 Å². The van der Waals surface area contributed by atoms with Gasteiger partial charge in [-0.25, -0.2) is 0 Å². The van der Waals surface area contributed by atoms with Crippen molar-refractivity contribution in [3.8, 4) is 0 Å². The van der Waals surface area contributed by atoms with Crippen LogP contribution in [0, 0.1) is 5.92 Å². The molecule has 1 aromatic rings. The third-order valence-corrected chi connectivity index (χ3v) is 2.68. The van der Waals surface area contributed by atoms with E-state index in [1.165, 1.54) is 18.4 Å². The van der Waals surface area contributed by atoms with Gasteiger partial charge in [0.2, 0.25) is 0 Å². The van der Waals surface area contributed by atoms with E-state index in [9.17, 15) is 0 Å². The number of benzene rings is 1. The summed E-state index contributed by atoms with van der Waals surface area (Å²) in [6.45, 7) is 4.51. The summed E-state index contributed by atoms with van der Waals surface area (Å²) in [6, 6.07) is 8.13. The molecule has 1 atom stereocenters. The fraction of sp³-hybridized carbons (Fsp3) is 0.500. The van der Waals surface area contributed by atoms with Crippen LogP contribution in [0.5, 0.6) is 0 Å². The molecule has 0 aliphatic rings. The zero-order valence-electron chi connectivity index (χ0n) is 8.39. The maximum Gasteiger partial charge on any atom is 0.0438 e. The van der Waals surface area contributed by atoms with Crippen molar-refractivity contribution in [2.75, 3.05) is 0 Å². The molecule has 0 amide bonds. The Balaban J connectivity index is 2.58. The van der Waals surface area contributed by atoms with Gasteiger partial charge in [-0.15, -0.1) is 0 Å². The number of hydrogen-bond donors (Lipinski definition) is 0. The minimum atomic E-state index is 0.741. The van der Waals surface area contributed by atoms with E-state index >= 15 is 0 Å². The van der Waals surface area contributed by atoms with Crippen LogP contribution in [0.4, 0.5) is 0 Å². The fourth-order valence-electron chi connectivity index (χ4n) is 1.63. The van der Waals surface area contributed by atoms with Crippen LogP contribution in [-0.4, -0.2) is 0 Å². The first-order valence-corrected chi connectivity index (χ1v) is 5.35. The Morgan fingerprint density at radius 3 is 2.62 bits per heavy atom. The molecule has 0 nitrogen and oxygen atoms in total. The second-order valence-electron chi connectivity index (χ2n) is 3.69. The van der Waals surface area contributed by atoms with Crippen LogP contribution >= 0.6 is 11.6 Å². The molecule has 0 aliphatic carbocycles. The highest BCUT2D eigenvalue weighted by molar-refractivity contribution is 6.31. The van der Waals surface area contributed by atoms with Crippen LogP contribution in [0.1, 0.15) is 32.3 Å². The summed E-state index contributed by atoms with van der Waals surface area (Å²) >= 11 is 6.07. The second-order valence-corrected chi connectivity index (χ2v) is 4.10. The highest BCUT2D eigenvalue weighted by Gasteiger charge is 2.04. The van der Waals surface area contributed by atoms with Gasteiger partial charge in [-0.1, -0.05) is 56.5 Å². The van der Waals surface area contributed by atoms with Crippen LogP contribution in [0.2, 0.25) is 5.02 Å². The molecule has 1 rings (SSSR count). The van der Waals surface area contributed by atoms with E-state index in [0.29, 0.717) is 0 Å². The lowest BCUT2D eigenvalue weighted by Crippen LogP contribution is -1.99. The third kappa shape index (κ3) is 3.40. The van der Waals surface area contributed by atoms with Gasteiger partial charge in [0, 0.05) is 5.02 Å². The van der Waals surface area contributed by atoms with Crippen LogP contribution in [-0.2, 0) is 6.42 Å². The van der Waals surface area contributed by atoms with Crippen molar-refractivity contribution in [2.45, 2.75) is 33.1 Å². The molecule has 0 heterocycles. The molecule has 0 aromatic heterocycles. The lowest BCUT2D eigenvalue weighted by molar-refractivity contribution is 0.522. The number of hydrogen-bond acceptors (Lipinski definition) is 0. The topological polar surface area (TPSA) is 0 Å². The molecule has 1 heteroatoms. The van der Waals surface area contributed by atoms with E-state index < -0.39 is 0 Å². The summed E-state index contributed by atoms with van der Waals surface area (Å²) in [7, 11) is 0. The first kappa shape index (κ1) is 10.6. The summed E-state index contributed by atoms with van der Waals surface area (Å²) in [5.41, 5.74) is 1.28. The molecule has 0 bridgehead atoms. The van der Waals surface area contributed by atoms with E-state index in [2.05, 4.69) is 26.0 Å². The standard InChI is InChI=1S/C12H17Cl/c1-3-6-10(2)9-11-7-4-5-8-12(11)13/h4-5,7-8,10H,3,6,9H2,1-2H3. The quantitative estimate of drug-likeness (QED) is 0.673. The van der Waals surface area contributed by atoms with Crippen molar-refractivity contribution in [1.29, 1.82) is 0 Å². The Labute approximate surface area is 85.9 Å². The third-order valence-electron chi connectivity index (χ3n) is 2.31. The Hall–Kier alpha value is -0.490. The Bertz CT molecular complexity index is 255. The van der Waals surface area contributed by atoms with E-state index in [1.54, 1.807) is 0 Å². The lowest BCUT2D eigenvalue weighted by Gasteiger charge is -2.10. The predicted octanol–water partition coefficient (Wildman–Crippen LogP) is 4.32. The van der Waals surface area contributed by atoms with Gasteiger partial charge in [0.25, 0.3) is 0 Å². The van der Waals surface area contributed by atoms with Gasteiger partial charge in [0.05, 0.1) is 0 Å². The largest absolute Gasteiger partial charge is 0.0840 e. The van der Waals surface area contributed by atoms with Gasteiger partial charge in [-0.05, 0) is 24.0 Å². The van der Waals surface area contributed by atoms with Crippen LogP contribution < -0.4 is 0 Å². The molecule has 0 N–H and O–H groups in total. The fourth-order valence-corrected chi connectivity index (χ4v) is 1.85. The van der Waals surface area contributed by atoms with Crippen molar-refractivity contribution in [3.63, 3.8) is 0 Å². The summed E-state index contributed by atoms with van der Waals surface area (Å²) in [5.74, 6) is 0.741. The summed E-state index contributed by atoms with van der Waals surface area (Å²) in [5, 5.41) is 0.908. The minimum Gasteiger partial charge on any atom is -0.0840 e. The highest BCUT2D eigenvalue weighted by Crippen LogP contribution is 2.20. The van der Waals surface area contributed by atoms with Crippen molar-refractivity contribution in [1.82, 2.24) is 0 Å². The van der Waals surface area contributed by atoms with Gasteiger partial charge >= 0.3 is 0 Å². The predicted molar refractivity (Wildman–Crippen MR) is 59.2 cm³/mol. The molecule has 1 unspecified atom stereocenters.